The Hall–Kier alpha value is -1.67. The second-order valence-electron chi connectivity index (χ2n) is 7.40. The minimum Gasteiger partial charge on any atom is -0.466 e. The molecule has 1 aromatic carbocycles. The summed E-state index contributed by atoms with van der Waals surface area (Å²) in [6, 6.07) is 1.94. The van der Waals surface area contributed by atoms with E-state index in [0.717, 1.165) is 22.3 Å². The van der Waals surface area contributed by atoms with Crippen LogP contribution >= 0.6 is 11.6 Å². The molecule has 0 spiro atoms. The second-order valence-corrected chi connectivity index (χ2v) is 7.78. The van der Waals surface area contributed by atoms with Crippen LogP contribution in [0.4, 0.5) is 0 Å². The highest BCUT2D eigenvalue weighted by Gasteiger charge is 2.39. The zero-order chi connectivity index (χ0) is 22.9. The van der Waals surface area contributed by atoms with Crippen LogP contribution in [-0.2, 0) is 35.1 Å². The molecule has 0 N–H and O–H groups in total. The lowest BCUT2D eigenvalue weighted by Crippen LogP contribution is -2.44. The Bertz CT molecular complexity index is 739. The van der Waals surface area contributed by atoms with E-state index < -0.39 is 17.5 Å². The molecule has 1 atom stereocenters. The van der Waals surface area contributed by atoms with Crippen LogP contribution < -0.4 is 0 Å². The van der Waals surface area contributed by atoms with E-state index in [1.165, 1.54) is 7.11 Å². The van der Waals surface area contributed by atoms with Gasteiger partial charge in [-0.25, -0.2) is 4.79 Å². The molecule has 0 fully saturated rings. The van der Waals surface area contributed by atoms with Crippen LogP contribution in [-0.4, -0.2) is 63.1 Å². The number of hydroxylamine groups is 2. The number of aryl methyl sites for hydroxylation is 2. The molecule has 1 rings (SSSR count). The summed E-state index contributed by atoms with van der Waals surface area (Å²) >= 11 is 6.34. The van der Waals surface area contributed by atoms with E-state index in [1.807, 2.05) is 33.8 Å². The van der Waals surface area contributed by atoms with Gasteiger partial charge >= 0.3 is 11.9 Å². The quantitative estimate of drug-likeness (QED) is 0.277. The van der Waals surface area contributed by atoms with Crippen molar-refractivity contribution in [2.24, 2.45) is 0 Å². The van der Waals surface area contributed by atoms with Gasteiger partial charge in [-0.3, -0.25) is 9.63 Å². The van der Waals surface area contributed by atoms with E-state index in [0.29, 0.717) is 31.3 Å². The monoisotopic (exact) mass is 443 g/mol. The number of carbonyl (C=O) groups excluding carboxylic acids is 2. The average molecular weight is 444 g/mol. The van der Waals surface area contributed by atoms with Gasteiger partial charge in [0.2, 0.25) is 5.60 Å². The highest BCUT2D eigenvalue weighted by atomic mass is 35.5. The first-order chi connectivity index (χ1) is 14.1. The molecule has 0 heterocycles. The molecule has 8 heteroatoms. The molecule has 7 nitrogen and oxygen atoms in total. The van der Waals surface area contributed by atoms with E-state index in [2.05, 4.69) is 0 Å². The van der Waals surface area contributed by atoms with Crippen molar-refractivity contribution in [3.63, 3.8) is 0 Å². The lowest BCUT2D eigenvalue weighted by molar-refractivity contribution is -0.190. The Morgan fingerprint density at radius 3 is 2.37 bits per heavy atom. The first kappa shape index (κ1) is 26.4. The summed E-state index contributed by atoms with van der Waals surface area (Å²) in [4.78, 5) is 30.8. The number of esters is 2. The number of carbonyl (C=O) groups is 2. The molecule has 0 aromatic heterocycles. The number of rotatable bonds is 12. The summed E-state index contributed by atoms with van der Waals surface area (Å²) in [7, 11) is 2.87. The molecule has 0 aliphatic heterocycles. The summed E-state index contributed by atoms with van der Waals surface area (Å²) < 4.78 is 15.5. The summed E-state index contributed by atoms with van der Waals surface area (Å²) in [5, 5.41) is 2.33. The molecule has 0 amide bonds. The fourth-order valence-corrected chi connectivity index (χ4v) is 3.38. The first-order valence-electron chi connectivity index (χ1n) is 10.0. The van der Waals surface area contributed by atoms with Gasteiger partial charge in [-0.2, -0.15) is 5.06 Å². The summed E-state index contributed by atoms with van der Waals surface area (Å²) in [5.74, 6) is -1.13. The highest BCUT2D eigenvalue weighted by Crippen LogP contribution is 2.28. The number of hydrogen-bond acceptors (Lipinski definition) is 7. The van der Waals surface area contributed by atoms with Crippen LogP contribution in [0.2, 0.25) is 5.02 Å². The Labute approximate surface area is 184 Å². The summed E-state index contributed by atoms with van der Waals surface area (Å²) in [5.41, 5.74) is 2.13. The number of nitrogens with zero attached hydrogens (tertiary/aromatic N) is 1. The zero-order valence-electron chi connectivity index (χ0n) is 19.1. The minimum absolute atomic E-state index is 0.0199. The molecule has 0 bridgehead atoms. The third kappa shape index (κ3) is 7.23. The fraction of sp³-hybridized carbons (Fsp3) is 0.636. The van der Waals surface area contributed by atoms with Gasteiger partial charge in [-0.1, -0.05) is 24.6 Å². The van der Waals surface area contributed by atoms with E-state index in [-0.39, 0.29) is 12.8 Å². The molecule has 0 radical (unpaired) electrons. The molecule has 0 aliphatic carbocycles. The lowest BCUT2D eigenvalue weighted by atomic mass is 9.97. The predicted molar refractivity (Wildman–Crippen MR) is 116 cm³/mol. The topological polar surface area (TPSA) is 74.3 Å². The maximum Gasteiger partial charge on any atom is 0.350 e. The largest absolute Gasteiger partial charge is 0.466 e. The van der Waals surface area contributed by atoms with E-state index in [9.17, 15) is 9.59 Å². The Morgan fingerprint density at radius 2 is 1.80 bits per heavy atom. The second kappa shape index (κ2) is 12.2. The van der Waals surface area contributed by atoms with Crippen molar-refractivity contribution in [2.45, 2.75) is 53.1 Å². The van der Waals surface area contributed by atoms with Crippen molar-refractivity contribution in [3.05, 3.63) is 33.3 Å². The molecule has 30 heavy (non-hydrogen) atoms. The maximum atomic E-state index is 12.7. The molecule has 0 saturated carbocycles. The van der Waals surface area contributed by atoms with Gasteiger partial charge < -0.3 is 14.2 Å². The molecule has 0 aliphatic rings. The SMILES string of the molecule is CCN(CCC(C)(OC(=O)Cc1c(C)cc(C)c(Cl)c1C)C(=O)OC)OCCOC. The van der Waals surface area contributed by atoms with Crippen LogP contribution in [0.25, 0.3) is 0 Å². The van der Waals surface area contributed by atoms with Crippen molar-refractivity contribution in [1.29, 1.82) is 0 Å². The van der Waals surface area contributed by atoms with Crippen LogP contribution in [0.5, 0.6) is 0 Å². The molecule has 1 aromatic rings. The van der Waals surface area contributed by atoms with Gasteiger partial charge in [0.25, 0.3) is 0 Å². The van der Waals surface area contributed by atoms with Gasteiger partial charge in [0, 0.05) is 31.6 Å². The van der Waals surface area contributed by atoms with Crippen molar-refractivity contribution in [3.8, 4) is 0 Å². The number of halogens is 1. The van der Waals surface area contributed by atoms with Crippen molar-refractivity contribution in [1.82, 2.24) is 5.06 Å². The number of benzene rings is 1. The van der Waals surface area contributed by atoms with Crippen LogP contribution in [0.1, 0.15) is 42.5 Å². The average Bonchev–Trinajstić information content (AvgIpc) is 2.71. The third-order valence-electron chi connectivity index (χ3n) is 5.07. The molecule has 170 valence electrons. The summed E-state index contributed by atoms with van der Waals surface area (Å²) in [6.45, 7) is 11.1. The molecular weight excluding hydrogens is 410 g/mol. The fourth-order valence-electron chi connectivity index (χ4n) is 3.22. The van der Waals surface area contributed by atoms with Crippen LogP contribution in [0.15, 0.2) is 6.07 Å². The van der Waals surface area contributed by atoms with Crippen LogP contribution in [0.3, 0.4) is 0 Å². The van der Waals surface area contributed by atoms with Gasteiger partial charge in [-0.05, 0) is 49.9 Å². The molecular formula is C22H34ClNO6. The number of ether oxygens (including phenoxy) is 3. The minimum atomic E-state index is -1.43. The van der Waals surface area contributed by atoms with Crippen molar-refractivity contribution < 1.29 is 28.6 Å². The smallest absolute Gasteiger partial charge is 0.350 e. The lowest BCUT2D eigenvalue weighted by Gasteiger charge is -2.29. The number of methoxy groups -OCH3 is 2. The standard InChI is InChI=1S/C22H34ClNO6/c1-8-24(29-12-11-27-6)10-9-22(5,21(26)28-7)30-19(25)14-18-15(2)13-16(3)20(23)17(18)4/h13H,8-12,14H2,1-7H3. The number of hydrogen-bond donors (Lipinski definition) is 0. The zero-order valence-corrected chi connectivity index (χ0v) is 19.9. The normalized spacial score (nSPS) is 13.2. The predicted octanol–water partition coefficient (Wildman–Crippen LogP) is 3.57. The Kier molecular flexibility index (Phi) is 10.8. The van der Waals surface area contributed by atoms with Gasteiger partial charge in [-0.15, -0.1) is 0 Å². The van der Waals surface area contributed by atoms with Crippen LogP contribution in [0, 0.1) is 20.8 Å². The van der Waals surface area contributed by atoms with Crippen molar-refractivity contribution >= 4 is 23.5 Å². The van der Waals surface area contributed by atoms with Crippen molar-refractivity contribution in [2.75, 3.05) is 40.5 Å². The van der Waals surface area contributed by atoms with Gasteiger partial charge in [0.1, 0.15) is 0 Å². The van der Waals surface area contributed by atoms with E-state index >= 15 is 0 Å². The Morgan fingerprint density at radius 1 is 1.13 bits per heavy atom. The first-order valence-corrected chi connectivity index (χ1v) is 10.4. The summed E-state index contributed by atoms with van der Waals surface area (Å²) in [6.07, 6.45) is 0.241. The molecule has 1 unspecified atom stereocenters. The van der Waals surface area contributed by atoms with Gasteiger partial charge in [0.05, 0.1) is 26.7 Å². The van der Waals surface area contributed by atoms with Gasteiger partial charge in [0.15, 0.2) is 0 Å². The maximum absolute atomic E-state index is 12.7. The highest BCUT2D eigenvalue weighted by molar-refractivity contribution is 6.32. The van der Waals surface area contributed by atoms with E-state index in [1.54, 1.807) is 19.1 Å². The Balaban J connectivity index is 2.90. The van der Waals surface area contributed by atoms with E-state index in [4.69, 9.17) is 30.6 Å². The third-order valence-corrected chi connectivity index (χ3v) is 5.65. The molecule has 0 saturated heterocycles.